The highest BCUT2D eigenvalue weighted by atomic mass is 16.5. The van der Waals surface area contributed by atoms with Crippen molar-refractivity contribution >= 4 is 16.9 Å². The first-order valence-corrected chi connectivity index (χ1v) is 8.87. The van der Waals surface area contributed by atoms with E-state index in [1.54, 1.807) is 4.90 Å². The summed E-state index contributed by atoms with van der Waals surface area (Å²) in [6.45, 7) is 1.81. The molecule has 5 nitrogen and oxygen atoms in total. The normalized spacial score (nSPS) is 16.6. The van der Waals surface area contributed by atoms with Gasteiger partial charge in [0.25, 0.3) is 0 Å². The van der Waals surface area contributed by atoms with Crippen LogP contribution in [0.25, 0.3) is 10.9 Å². The van der Waals surface area contributed by atoms with Crippen LogP contribution >= 0.6 is 0 Å². The molecule has 2 heterocycles. The van der Waals surface area contributed by atoms with Gasteiger partial charge in [-0.1, -0.05) is 48.5 Å². The van der Waals surface area contributed by atoms with Gasteiger partial charge >= 0.3 is 6.03 Å². The molecule has 5 heteroatoms. The molecular formula is C21H21N3O2. The summed E-state index contributed by atoms with van der Waals surface area (Å²) in [6, 6.07) is 21.7. The monoisotopic (exact) mass is 347 g/mol. The Kier molecular flexibility index (Phi) is 4.69. The van der Waals surface area contributed by atoms with E-state index >= 15 is 0 Å². The van der Waals surface area contributed by atoms with E-state index in [0.29, 0.717) is 25.5 Å². The molecule has 1 saturated heterocycles. The highest BCUT2D eigenvalue weighted by Crippen LogP contribution is 2.20. The molecule has 2 aromatic carbocycles. The smallest absolute Gasteiger partial charge is 0.317 e. The lowest BCUT2D eigenvalue weighted by Gasteiger charge is -2.18. The van der Waals surface area contributed by atoms with Crippen molar-refractivity contribution in [3.05, 3.63) is 72.3 Å². The predicted octanol–water partition coefficient (Wildman–Crippen LogP) is 3.60. The zero-order valence-electron chi connectivity index (χ0n) is 14.5. The van der Waals surface area contributed by atoms with Crippen LogP contribution in [0, 0.1) is 0 Å². The fraction of sp³-hybridized carbons (Fsp3) is 0.238. The number of nitrogens with one attached hydrogen (secondary N) is 1. The summed E-state index contributed by atoms with van der Waals surface area (Å²) in [5, 5.41) is 4.06. The highest BCUT2D eigenvalue weighted by molar-refractivity contribution is 5.78. The Morgan fingerprint density at radius 1 is 1.08 bits per heavy atom. The molecule has 4 rings (SSSR count). The van der Waals surface area contributed by atoms with E-state index in [-0.39, 0.29) is 12.1 Å². The molecule has 132 valence electrons. The van der Waals surface area contributed by atoms with E-state index in [4.69, 9.17) is 4.74 Å². The minimum absolute atomic E-state index is 0.0221. The van der Waals surface area contributed by atoms with E-state index in [9.17, 15) is 4.79 Å². The van der Waals surface area contributed by atoms with Crippen molar-refractivity contribution < 1.29 is 9.53 Å². The van der Waals surface area contributed by atoms with Crippen LogP contribution in [0.4, 0.5) is 4.79 Å². The van der Waals surface area contributed by atoms with Crippen molar-refractivity contribution in [2.75, 3.05) is 13.1 Å². The van der Waals surface area contributed by atoms with Gasteiger partial charge in [-0.15, -0.1) is 0 Å². The number of hydrogen-bond acceptors (Lipinski definition) is 3. The SMILES string of the molecule is O=C(NCc1ccccc1)N1CCC(Oc2ccc3ccccc3n2)C1. The third-order valence-corrected chi connectivity index (χ3v) is 4.58. The third kappa shape index (κ3) is 3.77. The number of benzene rings is 2. The first kappa shape index (κ1) is 16.4. The Bertz CT molecular complexity index is 898. The fourth-order valence-electron chi connectivity index (χ4n) is 3.18. The number of ether oxygens (including phenoxy) is 1. The molecule has 3 aromatic rings. The number of nitrogens with zero attached hydrogens (tertiary/aromatic N) is 2. The maximum Gasteiger partial charge on any atom is 0.317 e. The van der Waals surface area contributed by atoms with Gasteiger partial charge in [-0.2, -0.15) is 0 Å². The predicted molar refractivity (Wildman–Crippen MR) is 101 cm³/mol. The molecule has 1 fully saturated rings. The van der Waals surface area contributed by atoms with Crippen molar-refractivity contribution in [1.29, 1.82) is 0 Å². The molecule has 0 spiro atoms. The second-order valence-electron chi connectivity index (χ2n) is 6.46. The first-order chi connectivity index (χ1) is 12.8. The summed E-state index contributed by atoms with van der Waals surface area (Å²) in [5.41, 5.74) is 2.01. The highest BCUT2D eigenvalue weighted by Gasteiger charge is 2.27. The molecule has 1 N–H and O–H groups in total. The van der Waals surface area contributed by atoms with Crippen molar-refractivity contribution in [2.45, 2.75) is 19.1 Å². The van der Waals surface area contributed by atoms with Crippen molar-refractivity contribution in [3.63, 3.8) is 0 Å². The van der Waals surface area contributed by atoms with Crippen LogP contribution < -0.4 is 10.1 Å². The van der Waals surface area contributed by atoms with E-state index < -0.39 is 0 Å². The zero-order chi connectivity index (χ0) is 17.8. The molecular weight excluding hydrogens is 326 g/mol. The first-order valence-electron chi connectivity index (χ1n) is 8.87. The Balaban J connectivity index is 1.32. The Morgan fingerprint density at radius 3 is 2.77 bits per heavy atom. The second-order valence-corrected chi connectivity index (χ2v) is 6.46. The molecule has 1 unspecified atom stereocenters. The topological polar surface area (TPSA) is 54.5 Å². The Labute approximate surface area is 152 Å². The quantitative estimate of drug-likeness (QED) is 0.785. The van der Waals surface area contributed by atoms with Gasteiger partial charge in [0.15, 0.2) is 0 Å². The second kappa shape index (κ2) is 7.44. The number of likely N-dealkylation sites (tertiary alicyclic amines) is 1. The Morgan fingerprint density at radius 2 is 1.88 bits per heavy atom. The van der Waals surface area contributed by atoms with Gasteiger partial charge in [0.1, 0.15) is 6.10 Å². The van der Waals surface area contributed by atoms with Crippen LogP contribution in [0.5, 0.6) is 5.88 Å². The fourth-order valence-corrected chi connectivity index (χ4v) is 3.18. The number of fused-ring (bicyclic) bond motifs is 1. The Hall–Kier alpha value is -3.08. The van der Waals surface area contributed by atoms with Crippen LogP contribution in [0.3, 0.4) is 0 Å². The molecule has 26 heavy (non-hydrogen) atoms. The minimum Gasteiger partial charge on any atom is -0.472 e. The molecule has 1 atom stereocenters. The summed E-state index contributed by atoms with van der Waals surface area (Å²) in [5.74, 6) is 0.611. The summed E-state index contributed by atoms with van der Waals surface area (Å²) in [6.07, 6.45) is 0.791. The summed E-state index contributed by atoms with van der Waals surface area (Å²) in [4.78, 5) is 18.7. The van der Waals surface area contributed by atoms with Gasteiger partial charge in [0.05, 0.1) is 12.1 Å². The number of pyridine rings is 1. The largest absolute Gasteiger partial charge is 0.472 e. The lowest BCUT2D eigenvalue weighted by atomic mass is 10.2. The van der Waals surface area contributed by atoms with Gasteiger partial charge in [-0.3, -0.25) is 0 Å². The van der Waals surface area contributed by atoms with E-state index in [1.165, 1.54) is 0 Å². The number of carbonyl (C=O) groups is 1. The number of urea groups is 1. The van der Waals surface area contributed by atoms with Crippen molar-refractivity contribution in [2.24, 2.45) is 0 Å². The zero-order valence-corrected chi connectivity index (χ0v) is 14.5. The molecule has 2 amide bonds. The standard InChI is InChI=1S/C21H21N3O2/c25-21(22-14-16-6-2-1-3-7-16)24-13-12-18(15-24)26-20-11-10-17-8-4-5-9-19(17)23-20/h1-11,18H,12-15H2,(H,22,25). The molecule has 1 aliphatic rings. The van der Waals surface area contributed by atoms with E-state index in [2.05, 4.69) is 10.3 Å². The van der Waals surface area contributed by atoms with Crippen LogP contribution in [0.2, 0.25) is 0 Å². The molecule has 0 aliphatic carbocycles. The number of para-hydroxylation sites is 1. The van der Waals surface area contributed by atoms with Gasteiger partial charge < -0.3 is 15.0 Å². The number of hydrogen-bond donors (Lipinski definition) is 1. The van der Waals surface area contributed by atoms with Crippen LogP contribution in [-0.2, 0) is 6.54 Å². The summed E-state index contributed by atoms with van der Waals surface area (Å²) < 4.78 is 5.99. The van der Waals surface area contributed by atoms with Crippen molar-refractivity contribution in [3.8, 4) is 5.88 Å². The lowest BCUT2D eigenvalue weighted by molar-refractivity contribution is 0.183. The van der Waals surface area contributed by atoms with Crippen LogP contribution in [0.1, 0.15) is 12.0 Å². The maximum absolute atomic E-state index is 12.3. The molecule has 1 aromatic heterocycles. The van der Waals surface area contributed by atoms with Crippen LogP contribution in [0.15, 0.2) is 66.7 Å². The van der Waals surface area contributed by atoms with Gasteiger partial charge in [-0.25, -0.2) is 9.78 Å². The van der Waals surface area contributed by atoms with Crippen molar-refractivity contribution in [1.82, 2.24) is 15.2 Å². The molecule has 0 saturated carbocycles. The average Bonchev–Trinajstić information content (AvgIpc) is 3.15. The van der Waals surface area contributed by atoms with E-state index in [0.717, 1.165) is 22.9 Å². The number of amides is 2. The molecule has 1 aliphatic heterocycles. The minimum atomic E-state index is -0.0496. The summed E-state index contributed by atoms with van der Waals surface area (Å²) >= 11 is 0. The number of rotatable bonds is 4. The van der Waals surface area contributed by atoms with E-state index in [1.807, 2.05) is 66.7 Å². The molecule has 0 bridgehead atoms. The van der Waals surface area contributed by atoms with Crippen LogP contribution in [-0.4, -0.2) is 35.1 Å². The lowest BCUT2D eigenvalue weighted by Crippen LogP contribution is -2.39. The number of aromatic nitrogens is 1. The molecule has 0 radical (unpaired) electrons. The summed E-state index contributed by atoms with van der Waals surface area (Å²) in [7, 11) is 0. The van der Waals surface area contributed by atoms with Gasteiger partial charge in [-0.05, 0) is 17.7 Å². The average molecular weight is 347 g/mol. The number of carbonyl (C=O) groups excluding carboxylic acids is 1. The maximum atomic E-state index is 12.3. The third-order valence-electron chi connectivity index (χ3n) is 4.58. The van der Waals surface area contributed by atoms with Gasteiger partial charge in [0, 0.05) is 31.0 Å². The van der Waals surface area contributed by atoms with Gasteiger partial charge in [0.2, 0.25) is 5.88 Å².